The molecule has 0 spiro atoms. The number of nitrogens with zero attached hydrogens (tertiary/aromatic N) is 2. The van der Waals surface area contributed by atoms with Crippen molar-refractivity contribution in [2.45, 2.75) is 18.9 Å². The van der Waals surface area contributed by atoms with E-state index in [1.165, 1.54) is 11.3 Å². The normalized spacial score (nSPS) is 14.5. The highest BCUT2D eigenvalue weighted by atomic mass is 32.1. The number of thiazole rings is 1. The zero-order valence-electron chi connectivity index (χ0n) is 10.5. The van der Waals surface area contributed by atoms with Crippen LogP contribution in [0.1, 0.15) is 23.2 Å². The van der Waals surface area contributed by atoms with Crippen LogP contribution in [0.15, 0.2) is 30.9 Å². The molecule has 19 heavy (non-hydrogen) atoms. The van der Waals surface area contributed by atoms with Gasteiger partial charge in [-0.1, -0.05) is 17.4 Å². The van der Waals surface area contributed by atoms with Crippen LogP contribution < -0.4 is 5.73 Å². The molecule has 1 fully saturated rings. The Morgan fingerprint density at radius 3 is 3.05 bits per heavy atom. The van der Waals surface area contributed by atoms with E-state index in [1.807, 2.05) is 23.1 Å². The van der Waals surface area contributed by atoms with Crippen LogP contribution in [0.3, 0.4) is 0 Å². The number of anilines is 1. The molecule has 0 atom stereocenters. The Morgan fingerprint density at radius 1 is 1.58 bits per heavy atom. The number of aromatic nitrogens is 1. The van der Waals surface area contributed by atoms with Crippen molar-refractivity contribution in [1.29, 1.82) is 0 Å². The van der Waals surface area contributed by atoms with Crippen LogP contribution in [0.5, 0.6) is 0 Å². The van der Waals surface area contributed by atoms with Gasteiger partial charge in [0.15, 0.2) is 5.13 Å². The average molecular weight is 273 g/mol. The summed E-state index contributed by atoms with van der Waals surface area (Å²) < 4.78 is 0.956. The lowest BCUT2D eigenvalue weighted by atomic mass is 10.2. The minimum absolute atomic E-state index is 0.0660. The fraction of sp³-hybridized carbons (Fsp3) is 0.286. The van der Waals surface area contributed by atoms with Gasteiger partial charge in [-0.25, -0.2) is 4.98 Å². The molecule has 98 valence electrons. The van der Waals surface area contributed by atoms with Gasteiger partial charge in [0, 0.05) is 18.2 Å². The Balaban J connectivity index is 1.93. The van der Waals surface area contributed by atoms with Crippen LogP contribution in [0, 0.1) is 0 Å². The molecule has 1 aliphatic rings. The molecule has 0 radical (unpaired) electrons. The number of benzene rings is 1. The van der Waals surface area contributed by atoms with Crippen molar-refractivity contribution in [3.8, 4) is 0 Å². The molecule has 2 aromatic rings. The van der Waals surface area contributed by atoms with Gasteiger partial charge in [-0.2, -0.15) is 0 Å². The lowest BCUT2D eigenvalue weighted by molar-refractivity contribution is 0.0763. The number of fused-ring (bicyclic) bond motifs is 1. The molecule has 0 bridgehead atoms. The highest BCUT2D eigenvalue weighted by Crippen LogP contribution is 2.30. The van der Waals surface area contributed by atoms with E-state index in [0.717, 1.165) is 23.1 Å². The quantitative estimate of drug-likeness (QED) is 0.871. The van der Waals surface area contributed by atoms with Gasteiger partial charge < -0.3 is 10.6 Å². The van der Waals surface area contributed by atoms with Crippen molar-refractivity contribution in [2.24, 2.45) is 0 Å². The average Bonchev–Trinajstić information content (AvgIpc) is 3.15. The second kappa shape index (κ2) is 4.66. The molecule has 3 rings (SSSR count). The molecule has 1 heterocycles. The molecule has 0 unspecified atom stereocenters. The topological polar surface area (TPSA) is 59.2 Å². The van der Waals surface area contributed by atoms with Gasteiger partial charge in [-0.3, -0.25) is 4.79 Å². The van der Waals surface area contributed by atoms with E-state index in [2.05, 4.69) is 11.6 Å². The SMILES string of the molecule is C=CCN(C(=O)c1ccc2nc(N)sc2c1)C1CC1. The van der Waals surface area contributed by atoms with Crippen molar-refractivity contribution < 1.29 is 4.79 Å². The van der Waals surface area contributed by atoms with Crippen LogP contribution >= 0.6 is 11.3 Å². The van der Waals surface area contributed by atoms with Crippen LogP contribution in [0.4, 0.5) is 5.13 Å². The van der Waals surface area contributed by atoms with Crippen molar-refractivity contribution in [2.75, 3.05) is 12.3 Å². The van der Waals surface area contributed by atoms with Crippen LogP contribution in [-0.2, 0) is 0 Å². The van der Waals surface area contributed by atoms with Crippen LogP contribution in [-0.4, -0.2) is 28.4 Å². The van der Waals surface area contributed by atoms with Crippen molar-refractivity contribution in [1.82, 2.24) is 9.88 Å². The van der Waals surface area contributed by atoms with Gasteiger partial charge in [0.2, 0.25) is 0 Å². The maximum atomic E-state index is 12.5. The summed E-state index contributed by atoms with van der Waals surface area (Å²) in [6.07, 6.45) is 3.96. The first kappa shape index (κ1) is 12.2. The summed E-state index contributed by atoms with van der Waals surface area (Å²) in [5.41, 5.74) is 7.23. The van der Waals surface area contributed by atoms with Gasteiger partial charge in [0.05, 0.1) is 10.2 Å². The summed E-state index contributed by atoms with van der Waals surface area (Å²) in [5, 5.41) is 0.532. The standard InChI is InChI=1S/C14H15N3OS/c1-2-7-17(10-4-5-10)13(18)9-3-6-11-12(8-9)19-14(15)16-11/h2-3,6,8,10H,1,4-5,7H2,(H2,15,16). The molecule has 1 aliphatic carbocycles. The summed E-state index contributed by atoms with van der Waals surface area (Å²) >= 11 is 1.41. The number of hydrogen-bond donors (Lipinski definition) is 1. The smallest absolute Gasteiger partial charge is 0.254 e. The monoisotopic (exact) mass is 273 g/mol. The van der Waals surface area contributed by atoms with Crippen LogP contribution in [0.2, 0.25) is 0 Å². The lowest BCUT2D eigenvalue weighted by Crippen LogP contribution is -2.33. The minimum atomic E-state index is 0.0660. The molecule has 2 N–H and O–H groups in total. The third-order valence-corrected chi connectivity index (χ3v) is 4.07. The van der Waals surface area contributed by atoms with Crippen molar-refractivity contribution in [3.05, 3.63) is 36.4 Å². The zero-order chi connectivity index (χ0) is 13.4. The second-order valence-corrected chi connectivity index (χ2v) is 5.77. The minimum Gasteiger partial charge on any atom is -0.375 e. The Bertz CT molecular complexity index is 645. The molecule has 1 aromatic carbocycles. The van der Waals surface area contributed by atoms with Gasteiger partial charge >= 0.3 is 0 Å². The first-order chi connectivity index (χ1) is 9.19. The third-order valence-electron chi connectivity index (χ3n) is 3.23. The van der Waals surface area contributed by atoms with Crippen LogP contribution in [0.25, 0.3) is 10.2 Å². The Labute approximate surface area is 115 Å². The fourth-order valence-corrected chi connectivity index (χ4v) is 2.94. The van der Waals surface area contributed by atoms with E-state index in [0.29, 0.717) is 23.3 Å². The summed E-state index contributed by atoms with van der Waals surface area (Å²) in [5.74, 6) is 0.0660. The van der Waals surface area contributed by atoms with E-state index in [9.17, 15) is 4.79 Å². The number of carbonyl (C=O) groups is 1. The van der Waals surface area contributed by atoms with Crippen molar-refractivity contribution in [3.63, 3.8) is 0 Å². The van der Waals surface area contributed by atoms with Gasteiger partial charge in [0.1, 0.15) is 0 Å². The Hall–Kier alpha value is -1.88. The first-order valence-electron chi connectivity index (χ1n) is 6.27. The lowest BCUT2D eigenvalue weighted by Gasteiger charge is -2.20. The molecule has 1 amide bonds. The molecular formula is C14H15N3OS. The molecule has 1 aromatic heterocycles. The number of nitrogen functional groups attached to an aromatic ring is 1. The van der Waals surface area contributed by atoms with E-state index < -0.39 is 0 Å². The highest BCUT2D eigenvalue weighted by molar-refractivity contribution is 7.22. The predicted molar refractivity (Wildman–Crippen MR) is 78.3 cm³/mol. The molecular weight excluding hydrogens is 258 g/mol. The largest absolute Gasteiger partial charge is 0.375 e. The maximum Gasteiger partial charge on any atom is 0.254 e. The van der Waals surface area contributed by atoms with E-state index in [1.54, 1.807) is 6.08 Å². The highest BCUT2D eigenvalue weighted by Gasteiger charge is 2.32. The van der Waals surface area contributed by atoms with E-state index in [4.69, 9.17) is 5.73 Å². The number of rotatable bonds is 4. The Morgan fingerprint density at radius 2 is 2.37 bits per heavy atom. The molecule has 0 aliphatic heterocycles. The first-order valence-corrected chi connectivity index (χ1v) is 7.08. The second-order valence-electron chi connectivity index (χ2n) is 4.71. The van der Waals surface area contributed by atoms with E-state index >= 15 is 0 Å². The van der Waals surface area contributed by atoms with Gasteiger partial charge in [-0.15, -0.1) is 6.58 Å². The maximum absolute atomic E-state index is 12.5. The van der Waals surface area contributed by atoms with Gasteiger partial charge in [-0.05, 0) is 31.0 Å². The zero-order valence-corrected chi connectivity index (χ0v) is 11.3. The van der Waals surface area contributed by atoms with Crippen molar-refractivity contribution >= 4 is 32.6 Å². The number of carbonyl (C=O) groups excluding carboxylic acids is 1. The molecule has 1 saturated carbocycles. The summed E-state index contributed by atoms with van der Waals surface area (Å²) in [6, 6.07) is 5.94. The predicted octanol–water partition coefficient (Wildman–Crippen LogP) is 2.67. The molecule has 5 heteroatoms. The number of hydrogen-bond acceptors (Lipinski definition) is 4. The summed E-state index contributed by atoms with van der Waals surface area (Å²) in [6.45, 7) is 4.33. The molecule has 4 nitrogen and oxygen atoms in total. The fourth-order valence-electron chi connectivity index (χ4n) is 2.16. The Kier molecular flexibility index (Phi) is 2.98. The molecule has 0 saturated heterocycles. The number of nitrogens with two attached hydrogens (primary N) is 1. The summed E-state index contributed by atoms with van der Waals surface area (Å²) in [4.78, 5) is 18.6. The number of amides is 1. The third kappa shape index (κ3) is 2.33. The summed E-state index contributed by atoms with van der Waals surface area (Å²) in [7, 11) is 0. The van der Waals surface area contributed by atoms with E-state index in [-0.39, 0.29) is 5.91 Å². The van der Waals surface area contributed by atoms with Gasteiger partial charge in [0.25, 0.3) is 5.91 Å².